The van der Waals surface area contributed by atoms with E-state index in [1.165, 1.54) is 18.2 Å². The molecule has 15 heavy (non-hydrogen) atoms. The van der Waals surface area contributed by atoms with Gasteiger partial charge in [0.15, 0.2) is 0 Å². The van der Waals surface area contributed by atoms with Crippen LogP contribution in [0.5, 0.6) is 0 Å². The fraction of sp³-hybridized carbons (Fsp3) is 0.333. The summed E-state index contributed by atoms with van der Waals surface area (Å²) in [6.07, 6.45) is 0.727. The zero-order valence-electron chi connectivity index (χ0n) is 8.13. The van der Waals surface area contributed by atoms with Crippen LogP contribution in [0.2, 0.25) is 10.0 Å². The average molecular weight is 268 g/mol. The molecule has 0 aliphatic heterocycles. The predicted molar refractivity (Wildman–Crippen MR) is 61.9 cm³/mol. The van der Waals surface area contributed by atoms with Crippen molar-refractivity contribution in [2.24, 2.45) is 0 Å². The normalized spacial score (nSPS) is 11.7. The number of hydrogen-bond acceptors (Lipinski definition) is 2. The number of halogens is 2. The Hall–Kier alpha value is -0.290. The first-order chi connectivity index (χ1) is 6.97. The predicted octanol–water partition coefficient (Wildman–Crippen LogP) is 2.68. The van der Waals surface area contributed by atoms with E-state index in [0.29, 0.717) is 11.6 Å². The van der Waals surface area contributed by atoms with E-state index in [9.17, 15) is 8.42 Å². The van der Waals surface area contributed by atoms with Crippen molar-refractivity contribution in [3.8, 4) is 0 Å². The highest BCUT2D eigenvalue weighted by Crippen LogP contribution is 2.24. The summed E-state index contributed by atoms with van der Waals surface area (Å²) < 4.78 is 25.8. The molecule has 0 saturated carbocycles. The highest BCUT2D eigenvalue weighted by molar-refractivity contribution is 7.89. The molecule has 1 rings (SSSR count). The minimum Gasteiger partial charge on any atom is -0.211 e. The summed E-state index contributed by atoms with van der Waals surface area (Å²) in [6.45, 7) is 2.27. The Morgan fingerprint density at radius 2 is 2.00 bits per heavy atom. The smallest absolute Gasteiger partial charge is 0.211 e. The molecule has 84 valence electrons. The van der Waals surface area contributed by atoms with E-state index in [1.807, 2.05) is 6.92 Å². The van der Waals surface area contributed by atoms with Crippen LogP contribution >= 0.6 is 23.2 Å². The van der Waals surface area contributed by atoms with Gasteiger partial charge < -0.3 is 0 Å². The van der Waals surface area contributed by atoms with Crippen LogP contribution < -0.4 is 4.72 Å². The van der Waals surface area contributed by atoms with Gasteiger partial charge in [0.1, 0.15) is 4.90 Å². The van der Waals surface area contributed by atoms with Gasteiger partial charge in [-0.25, -0.2) is 13.1 Å². The molecule has 0 radical (unpaired) electrons. The van der Waals surface area contributed by atoms with Gasteiger partial charge in [0, 0.05) is 11.6 Å². The molecule has 1 aromatic rings. The van der Waals surface area contributed by atoms with Crippen molar-refractivity contribution in [3.63, 3.8) is 0 Å². The standard InChI is InChI=1S/C9H11Cl2NO2S/c1-2-5-12-15(13,14)9-4-3-7(10)6-8(9)11/h3-4,6,12H,2,5H2,1H3. The quantitative estimate of drug-likeness (QED) is 0.912. The molecule has 1 N–H and O–H groups in total. The zero-order chi connectivity index (χ0) is 11.5. The number of rotatable bonds is 4. The molecular formula is C9H11Cl2NO2S. The van der Waals surface area contributed by atoms with Crippen LogP contribution in [0.1, 0.15) is 13.3 Å². The lowest BCUT2D eigenvalue weighted by molar-refractivity contribution is 0.581. The van der Waals surface area contributed by atoms with E-state index in [0.717, 1.165) is 6.42 Å². The van der Waals surface area contributed by atoms with Crippen LogP contribution in [0.15, 0.2) is 23.1 Å². The van der Waals surface area contributed by atoms with Crippen LogP contribution in [0.3, 0.4) is 0 Å². The van der Waals surface area contributed by atoms with Gasteiger partial charge in [0.25, 0.3) is 0 Å². The van der Waals surface area contributed by atoms with E-state index >= 15 is 0 Å². The van der Waals surface area contributed by atoms with Crippen LogP contribution in [0, 0.1) is 0 Å². The van der Waals surface area contributed by atoms with Crippen LogP contribution in [-0.4, -0.2) is 15.0 Å². The maximum Gasteiger partial charge on any atom is 0.242 e. The van der Waals surface area contributed by atoms with Gasteiger partial charge in [-0.15, -0.1) is 0 Å². The first-order valence-corrected chi connectivity index (χ1v) is 6.66. The molecule has 0 aromatic heterocycles. The van der Waals surface area contributed by atoms with Crippen molar-refractivity contribution in [2.75, 3.05) is 6.54 Å². The lowest BCUT2D eigenvalue weighted by atomic mass is 10.4. The molecule has 6 heteroatoms. The second-order valence-corrected chi connectivity index (χ2v) is 5.55. The van der Waals surface area contributed by atoms with E-state index < -0.39 is 10.0 Å². The highest BCUT2D eigenvalue weighted by atomic mass is 35.5. The maximum absolute atomic E-state index is 11.7. The average Bonchev–Trinajstić information content (AvgIpc) is 2.14. The maximum atomic E-state index is 11.7. The topological polar surface area (TPSA) is 46.2 Å². The van der Waals surface area contributed by atoms with Crippen LogP contribution in [-0.2, 0) is 10.0 Å². The van der Waals surface area contributed by atoms with Crippen molar-refractivity contribution >= 4 is 33.2 Å². The Morgan fingerprint density at radius 1 is 1.33 bits per heavy atom. The van der Waals surface area contributed by atoms with Gasteiger partial charge in [-0.1, -0.05) is 30.1 Å². The summed E-state index contributed by atoms with van der Waals surface area (Å²) in [5.74, 6) is 0. The molecule has 1 aromatic carbocycles. The third-order valence-electron chi connectivity index (χ3n) is 1.73. The number of nitrogens with one attached hydrogen (secondary N) is 1. The Labute approximate surface area is 99.4 Å². The fourth-order valence-corrected chi connectivity index (χ4v) is 2.91. The van der Waals surface area contributed by atoms with Gasteiger partial charge >= 0.3 is 0 Å². The van der Waals surface area contributed by atoms with Gasteiger partial charge in [-0.05, 0) is 24.6 Å². The molecule has 0 unspecified atom stereocenters. The van der Waals surface area contributed by atoms with Crippen LogP contribution in [0.4, 0.5) is 0 Å². The monoisotopic (exact) mass is 267 g/mol. The molecule has 3 nitrogen and oxygen atoms in total. The van der Waals surface area contributed by atoms with Crippen molar-refractivity contribution in [2.45, 2.75) is 18.2 Å². The second kappa shape index (κ2) is 5.16. The number of hydrogen-bond donors (Lipinski definition) is 1. The summed E-state index contributed by atoms with van der Waals surface area (Å²) in [4.78, 5) is 0.0574. The number of benzene rings is 1. The molecule has 0 fully saturated rings. The summed E-state index contributed by atoms with van der Waals surface area (Å²) >= 11 is 11.5. The van der Waals surface area contributed by atoms with Crippen molar-refractivity contribution < 1.29 is 8.42 Å². The molecule has 0 spiro atoms. The largest absolute Gasteiger partial charge is 0.242 e. The molecular weight excluding hydrogens is 257 g/mol. The first-order valence-electron chi connectivity index (χ1n) is 4.42. The van der Waals surface area contributed by atoms with E-state index in [4.69, 9.17) is 23.2 Å². The molecule has 0 atom stereocenters. The van der Waals surface area contributed by atoms with Gasteiger partial charge in [-0.3, -0.25) is 0 Å². The second-order valence-electron chi connectivity index (χ2n) is 2.97. The van der Waals surface area contributed by atoms with Crippen molar-refractivity contribution in [1.29, 1.82) is 0 Å². The molecule has 0 aliphatic carbocycles. The lowest BCUT2D eigenvalue weighted by Gasteiger charge is -2.07. The van der Waals surface area contributed by atoms with Crippen molar-refractivity contribution in [1.82, 2.24) is 4.72 Å². The minimum atomic E-state index is -3.51. The Balaban J connectivity index is 3.05. The van der Waals surface area contributed by atoms with Crippen LogP contribution in [0.25, 0.3) is 0 Å². The first kappa shape index (κ1) is 12.8. The van der Waals surface area contributed by atoms with Gasteiger partial charge in [0.05, 0.1) is 5.02 Å². The fourth-order valence-electron chi connectivity index (χ4n) is 1.01. The summed E-state index contributed by atoms with van der Waals surface area (Å²) in [6, 6.07) is 4.29. The van der Waals surface area contributed by atoms with Gasteiger partial charge in [0.2, 0.25) is 10.0 Å². The molecule has 0 amide bonds. The van der Waals surface area contributed by atoms with E-state index in [1.54, 1.807) is 0 Å². The summed E-state index contributed by atoms with van der Waals surface area (Å²) in [5.41, 5.74) is 0. The van der Waals surface area contributed by atoms with E-state index in [2.05, 4.69) is 4.72 Å². The van der Waals surface area contributed by atoms with E-state index in [-0.39, 0.29) is 9.92 Å². The Morgan fingerprint density at radius 3 is 2.53 bits per heavy atom. The Kier molecular flexibility index (Phi) is 4.40. The zero-order valence-corrected chi connectivity index (χ0v) is 10.5. The van der Waals surface area contributed by atoms with Crippen molar-refractivity contribution in [3.05, 3.63) is 28.2 Å². The highest BCUT2D eigenvalue weighted by Gasteiger charge is 2.16. The minimum absolute atomic E-state index is 0.0574. The summed E-state index contributed by atoms with van der Waals surface area (Å²) in [5, 5.41) is 0.542. The lowest BCUT2D eigenvalue weighted by Crippen LogP contribution is -2.24. The molecule has 0 heterocycles. The SMILES string of the molecule is CCCNS(=O)(=O)c1ccc(Cl)cc1Cl. The molecule has 0 aliphatic rings. The molecule has 0 saturated heterocycles. The third kappa shape index (κ3) is 3.34. The molecule has 0 bridgehead atoms. The van der Waals surface area contributed by atoms with Gasteiger partial charge in [-0.2, -0.15) is 0 Å². The summed E-state index contributed by atoms with van der Waals surface area (Å²) in [7, 11) is -3.51. The Bertz CT molecular complexity index is 445. The number of sulfonamides is 1. The third-order valence-corrected chi connectivity index (χ3v) is 3.90.